The topological polar surface area (TPSA) is 9.23 Å². The van der Waals surface area contributed by atoms with Gasteiger partial charge in [-0.3, -0.25) is 0 Å². The number of halogens is 1. The maximum atomic E-state index is 5.39. The molecule has 0 spiro atoms. The molecule has 68 valence electrons. The molecule has 0 aliphatic rings. The van der Waals surface area contributed by atoms with Gasteiger partial charge in [0.15, 0.2) is 0 Å². The minimum absolute atomic E-state index is 0. The van der Waals surface area contributed by atoms with Gasteiger partial charge in [0, 0.05) is 0 Å². The van der Waals surface area contributed by atoms with Gasteiger partial charge in [-0.05, 0) is 25.2 Å². The molecule has 12 heavy (non-hydrogen) atoms. The average Bonchev–Trinajstić information content (AvgIpc) is 2.04. The Kier molecular flexibility index (Phi) is 6.14. The first-order chi connectivity index (χ1) is 5.33. The third-order valence-electron chi connectivity index (χ3n) is 1.41. The highest BCUT2D eigenvalue weighted by Crippen LogP contribution is 2.10. The summed E-state index contributed by atoms with van der Waals surface area (Å²) >= 11 is 0. The van der Waals surface area contributed by atoms with Crippen LogP contribution in [-0.2, 0) is 0 Å². The molecule has 1 aromatic carbocycles. The zero-order valence-electron chi connectivity index (χ0n) is 7.12. The number of hydrogen-bond acceptors (Lipinski definition) is 1. The van der Waals surface area contributed by atoms with Gasteiger partial charge in [-0.1, -0.05) is 17.7 Å². The van der Waals surface area contributed by atoms with Crippen LogP contribution in [0.4, 0.5) is 0 Å². The highest BCUT2D eigenvalue weighted by molar-refractivity contribution is 7.16. The summed E-state index contributed by atoms with van der Waals surface area (Å²) in [5, 5.41) is 0. The summed E-state index contributed by atoms with van der Waals surface area (Å²) in [5.41, 5.74) is 1.27. The number of hydrogen-bond donors (Lipinski definition) is 0. The van der Waals surface area contributed by atoms with Crippen molar-refractivity contribution in [3.8, 4) is 5.75 Å². The highest BCUT2D eigenvalue weighted by atomic mass is 35.5. The maximum Gasteiger partial charge on any atom is 0.119 e. The third-order valence-corrected chi connectivity index (χ3v) is 1.64. The van der Waals surface area contributed by atoms with E-state index in [0.717, 1.165) is 18.5 Å². The summed E-state index contributed by atoms with van der Waals surface area (Å²) in [7, 11) is 2.63. The average molecular weight is 205 g/mol. The zero-order chi connectivity index (χ0) is 8.10. The van der Waals surface area contributed by atoms with Crippen molar-refractivity contribution in [3.63, 3.8) is 0 Å². The van der Waals surface area contributed by atoms with E-state index in [1.807, 2.05) is 12.1 Å². The summed E-state index contributed by atoms with van der Waals surface area (Å²) in [6.07, 6.45) is 0.980. The monoisotopic (exact) mass is 204 g/mol. The van der Waals surface area contributed by atoms with E-state index < -0.39 is 0 Å². The summed E-state index contributed by atoms with van der Waals surface area (Å²) < 4.78 is 5.39. The molecule has 1 nitrogen and oxygen atoms in total. The number of rotatable bonds is 3. The van der Waals surface area contributed by atoms with E-state index in [4.69, 9.17) is 4.74 Å². The van der Waals surface area contributed by atoms with Crippen molar-refractivity contribution in [1.82, 2.24) is 0 Å². The largest absolute Gasteiger partial charge is 0.493 e. The SMILES string of the molecule is Cc1ccc(OCCP)cc1.Cl. The summed E-state index contributed by atoms with van der Waals surface area (Å²) in [6, 6.07) is 8.10. The molecule has 1 aromatic rings. The first kappa shape index (κ1) is 11.7. The van der Waals surface area contributed by atoms with Gasteiger partial charge in [-0.2, -0.15) is 0 Å². The molecule has 0 aliphatic carbocycles. The highest BCUT2D eigenvalue weighted by Gasteiger charge is 1.89. The van der Waals surface area contributed by atoms with Gasteiger partial charge in [-0.25, -0.2) is 0 Å². The lowest BCUT2D eigenvalue weighted by molar-refractivity contribution is 0.344. The van der Waals surface area contributed by atoms with Crippen molar-refractivity contribution in [2.75, 3.05) is 12.8 Å². The van der Waals surface area contributed by atoms with E-state index in [0.29, 0.717) is 0 Å². The molecule has 0 aliphatic heterocycles. The van der Waals surface area contributed by atoms with Crippen molar-refractivity contribution in [2.45, 2.75) is 6.92 Å². The van der Waals surface area contributed by atoms with Crippen LogP contribution in [0, 0.1) is 6.92 Å². The molecule has 0 saturated heterocycles. The van der Waals surface area contributed by atoms with Gasteiger partial charge >= 0.3 is 0 Å². The normalized spacial score (nSPS) is 8.83. The summed E-state index contributed by atoms with van der Waals surface area (Å²) in [6.45, 7) is 2.84. The molecular formula is C9H14ClOP. The van der Waals surface area contributed by atoms with Crippen LogP contribution in [0.3, 0.4) is 0 Å². The van der Waals surface area contributed by atoms with Crippen molar-refractivity contribution in [3.05, 3.63) is 29.8 Å². The van der Waals surface area contributed by atoms with Crippen molar-refractivity contribution < 1.29 is 4.74 Å². The molecule has 0 amide bonds. The van der Waals surface area contributed by atoms with E-state index in [1.54, 1.807) is 0 Å². The molecule has 1 rings (SSSR count). The quantitative estimate of drug-likeness (QED) is 0.688. The Balaban J connectivity index is 0.00000121. The Morgan fingerprint density at radius 1 is 1.25 bits per heavy atom. The minimum atomic E-state index is 0. The fourth-order valence-electron chi connectivity index (χ4n) is 0.811. The van der Waals surface area contributed by atoms with Crippen LogP contribution >= 0.6 is 21.6 Å². The number of benzene rings is 1. The van der Waals surface area contributed by atoms with Gasteiger partial charge in [-0.15, -0.1) is 21.6 Å². The maximum absolute atomic E-state index is 5.39. The fraction of sp³-hybridized carbons (Fsp3) is 0.333. The Morgan fingerprint density at radius 3 is 2.33 bits per heavy atom. The molecule has 0 radical (unpaired) electrons. The van der Waals surface area contributed by atoms with Crippen LogP contribution in [0.15, 0.2) is 24.3 Å². The molecular weight excluding hydrogens is 191 g/mol. The zero-order valence-corrected chi connectivity index (χ0v) is 9.09. The summed E-state index contributed by atoms with van der Waals surface area (Å²) in [4.78, 5) is 0. The first-order valence-electron chi connectivity index (χ1n) is 3.72. The van der Waals surface area contributed by atoms with E-state index in [-0.39, 0.29) is 12.4 Å². The van der Waals surface area contributed by atoms with Crippen LogP contribution < -0.4 is 4.74 Å². The van der Waals surface area contributed by atoms with Gasteiger partial charge in [0.2, 0.25) is 0 Å². The first-order valence-corrected chi connectivity index (χ1v) is 4.54. The molecule has 0 fully saturated rings. The van der Waals surface area contributed by atoms with E-state index in [1.165, 1.54) is 5.56 Å². The Bertz CT molecular complexity index is 210. The standard InChI is InChI=1S/C9H13OP.ClH/c1-8-2-4-9(5-3-8)10-6-7-11;/h2-5H,6-7,11H2,1H3;1H. The number of aryl methyl sites for hydroxylation is 1. The van der Waals surface area contributed by atoms with Gasteiger partial charge < -0.3 is 4.74 Å². The van der Waals surface area contributed by atoms with Gasteiger partial charge in [0.05, 0.1) is 6.61 Å². The van der Waals surface area contributed by atoms with Crippen LogP contribution in [0.1, 0.15) is 5.56 Å². The van der Waals surface area contributed by atoms with E-state index in [2.05, 4.69) is 28.3 Å². The van der Waals surface area contributed by atoms with Crippen LogP contribution in [0.2, 0.25) is 0 Å². The van der Waals surface area contributed by atoms with E-state index in [9.17, 15) is 0 Å². The molecule has 0 N–H and O–H groups in total. The molecule has 1 atom stereocenters. The van der Waals surface area contributed by atoms with Crippen molar-refractivity contribution in [1.29, 1.82) is 0 Å². The minimum Gasteiger partial charge on any atom is -0.493 e. The lowest BCUT2D eigenvalue weighted by Crippen LogP contribution is -1.96. The molecule has 0 heterocycles. The molecule has 0 aromatic heterocycles. The predicted molar refractivity (Wildman–Crippen MR) is 58.5 cm³/mol. The van der Waals surface area contributed by atoms with Gasteiger partial charge in [0.25, 0.3) is 0 Å². The Hall–Kier alpha value is -0.260. The van der Waals surface area contributed by atoms with Crippen LogP contribution in [-0.4, -0.2) is 12.8 Å². The van der Waals surface area contributed by atoms with Crippen LogP contribution in [0.25, 0.3) is 0 Å². The molecule has 0 saturated carbocycles. The third kappa shape index (κ3) is 3.94. The Labute approximate surface area is 82.1 Å². The smallest absolute Gasteiger partial charge is 0.119 e. The lowest BCUT2D eigenvalue weighted by Gasteiger charge is -2.03. The molecule has 0 bridgehead atoms. The second-order valence-corrected chi connectivity index (χ2v) is 3.03. The lowest BCUT2D eigenvalue weighted by atomic mass is 10.2. The molecule has 1 unspecified atom stereocenters. The van der Waals surface area contributed by atoms with Crippen molar-refractivity contribution >= 4 is 21.6 Å². The second-order valence-electron chi connectivity index (χ2n) is 2.45. The van der Waals surface area contributed by atoms with Crippen LogP contribution in [0.5, 0.6) is 5.75 Å². The van der Waals surface area contributed by atoms with E-state index >= 15 is 0 Å². The second kappa shape index (κ2) is 6.28. The summed E-state index contributed by atoms with van der Waals surface area (Å²) in [5.74, 6) is 0.957. The van der Waals surface area contributed by atoms with Gasteiger partial charge in [0.1, 0.15) is 5.75 Å². The fourth-order valence-corrected chi connectivity index (χ4v) is 0.929. The molecule has 3 heteroatoms. The Morgan fingerprint density at radius 2 is 1.83 bits per heavy atom. The number of ether oxygens (including phenoxy) is 1. The predicted octanol–water partition coefficient (Wildman–Crippen LogP) is 2.67. The van der Waals surface area contributed by atoms with Crippen molar-refractivity contribution in [2.24, 2.45) is 0 Å².